The number of nitrogens with one attached hydrogen (secondary N) is 2. The second-order valence-corrected chi connectivity index (χ2v) is 5.54. The van der Waals surface area contributed by atoms with Crippen molar-refractivity contribution in [3.05, 3.63) is 0 Å². The van der Waals surface area contributed by atoms with Crippen LogP contribution in [0.4, 0.5) is 4.79 Å². The van der Waals surface area contributed by atoms with Crippen molar-refractivity contribution in [2.24, 2.45) is 5.41 Å². The molecule has 0 radical (unpaired) electrons. The van der Waals surface area contributed by atoms with E-state index in [2.05, 4.69) is 10.6 Å². The van der Waals surface area contributed by atoms with Crippen molar-refractivity contribution in [2.45, 2.75) is 33.2 Å². The van der Waals surface area contributed by atoms with Crippen molar-refractivity contribution in [1.82, 2.24) is 15.5 Å². The largest absolute Gasteiger partial charge is 0.480 e. The van der Waals surface area contributed by atoms with Gasteiger partial charge < -0.3 is 20.6 Å². The van der Waals surface area contributed by atoms with Gasteiger partial charge in [-0.1, -0.05) is 0 Å². The van der Waals surface area contributed by atoms with Crippen molar-refractivity contribution in [1.29, 1.82) is 0 Å². The zero-order chi connectivity index (χ0) is 15.4. The lowest BCUT2D eigenvalue weighted by Gasteiger charge is -2.32. The summed E-state index contributed by atoms with van der Waals surface area (Å²) < 4.78 is 0. The van der Waals surface area contributed by atoms with Gasteiger partial charge in [0.15, 0.2) is 0 Å². The van der Waals surface area contributed by atoms with Gasteiger partial charge in [0.1, 0.15) is 5.54 Å². The molecule has 0 rings (SSSR count). The van der Waals surface area contributed by atoms with Gasteiger partial charge >= 0.3 is 12.0 Å². The summed E-state index contributed by atoms with van der Waals surface area (Å²) in [5.74, 6) is -1.30. The minimum atomic E-state index is -1.32. The summed E-state index contributed by atoms with van der Waals surface area (Å²) in [7, 11) is 2.92. The number of amides is 3. The lowest BCUT2D eigenvalue weighted by Crippen LogP contribution is -2.55. The smallest absolute Gasteiger partial charge is 0.329 e. The van der Waals surface area contributed by atoms with Crippen molar-refractivity contribution in [3.63, 3.8) is 0 Å². The molecule has 0 aliphatic heterocycles. The molecule has 19 heavy (non-hydrogen) atoms. The Balaban J connectivity index is 4.65. The number of hydrogen-bond acceptors (Lipinski definition) is 3. The molecule has 0 aromatic rings. The Kier molecular flexibility index (Phi) is 5.34. The van der Waals surface area contributed by atoms with Gasteiger partial charge in [-0.3, -0.25) is 4.79 Å². The molecule has 3 amide bonds. The number of likely N-dealkylation sites (N-methyl/N-ethyl adjacent to an activating group) is 1. The number of carbonyl (C=O) groups is 3. The highest BCUT2D eigenvalue weighted by atomic mass is 16.4. The van der Waals surface area contributed by atoms with E-state index in [0.29, 0.717) is 0 Å². The Labute approximate surface area is 113 Å². The highest BCUT2D eigenvalue weighted by Gasteiger charge is 2.36. The van der Waals surface area contributed by atoms with Gasteiger partial charge in [0.2, 0.25) is 5.91 Å². The van der Waals surface area contributed by atoms with Crippen LogP contribution in [0.5, 0.6) is 0 Å². The highest BCUT2D eigenvalue weighted by molar-refractivity contribution is 5.86. The third-order valence-electron chi connectivity index (χ3n) is 3.19. The number of nitrogens with zero attached hydrogens (tertiary/aromatic N) is 1. The standard InChI is InChI=1S/C12H23N3O4/c1-11(2,8(16)13-5)7-14-10(19)15(6)12(3,4)9(17)18/h7H2,1-6H3,(H,13,16)(H,14,19)(H,17,18). The molecule has 0 aromatic heterocycles. The first-order valence-electron chi connectivity index (χ1n) is 5.94. The minimum Gasteiger partial charge on any atom is -0.480 e. The Bertz CT molecular complexity index is 377. The SMILES string of the molecule is CNC(=O)C(C)(C)CNC(=O)N(C)C(C)(C)C(=O)O. The predicted molar refractivity (Wildman–Crippen MR) is 70.7 cm³/mol. The van der Waals surface area contributed by atoms with Gasteiger partial charge in [-0.2, -0.15) is 0 Å². The fraction of sp³-hybridized carbons (Fsp3) is 0.750. The first-order valence-corrected chi connectivity index (χ1v) is 5.94. The molecule has 0 atom stereocenters. The van der Waals surface area contributed by atoms with Crippen LogP contribution in [0.3, 0.4) is 0 Å². The van der Waals surface area contributed by atoms with Crippen LogP contribution in [0.2, 0.25) is 0 Å². The van der Waals surface area contributed by atoms with E-state index in [1.54, 1.807) is 13.8 Å². The third kappa shape index (κ3) is 4.11. The molecule has 3 N–H and O–H groups in total. The number of aliphatic carboxylic acids is 1. The second kappa shape index (κ2) is 5.90. The summed E-state index contributed by atoms with van der Waals surface area (Å²) in [6, 6.07) is -0.538. The number of carboxylic acid groups (broad SMARTS) is 1. The van der Waals surface area contributed by atoms with E-state index in [1.807, 2.05) is 0 Å². The van der Waals surface area contributed by atoms with E-state index in [-0.39, 0.29) is 12.5 Å². The average molecular weight is 273 g/mol. The lowest BCUT2D eigenvalue weighted by molar-refractivity contribution is -0.147. The molecule has 7 heteroatoms. The quantitative estimate of drug-likeness (QED) is 0.669. The van der Waals surface area contributed by atoms with Crippen molar-refractivity contribution in [3.8, 4) is 0 Å². The number of carboxylic acids is 1. The number of carbonyl (C=O) groups excluding carboxylic acids is 2. The van der Waals surface area contributed by atoms with Gasteiger partial charge in [0, 0.05) is 20.6 Å². The summed E-state index contributed by atoms with van der Waals surface area (Å²) >= 11 is 0. The molecule has 0 saturated carbocycles. The molecule has 0 aliphatic carbocycles. The van der Waals surface area contributed by atoms with Gasteiger partial charge in [0.25, 0.3) is 0 Å². The fourth-order valence-electron chi connectivity index (χ4n) is 1.23. The molecule has 7 nitrogen and oxygen atoms in total. The molecule has 0 aromatic carbocycles. The summed E-state index contributed by atoms with van der Waals surface area (Å²) in [4.78, 5) is 35.6. The van der Waals surface area contributed by atoms with Crippen LogP contribution in [-0.2, 0) is 9.59 Å². The van der Waals surface area contributed by atoms with Crippen LogP contribution in [0.1, 0.15) is 27.7 Å². The van der Waals surface area contributed by atoms with Crippen LogP contribution < -0.4 is 10.6 Å². The zero-order valence-electron chi connectivity index (χ0n) is 12.3. The molecule has 0 saturated heterocycles. The molecular weight excluding hydrogens is 250 g/mol. The van der Waals surface area contributed by atoms with Crippen LogP contribution in [0, 0.1) is 5.41 Å². The van der Waals surface area contributed by atoms with E-state index < -0.39 is 23.0 Å². The number of hydrogen-bond donors (Lipinski definition) is 3. The Morgan fingerprint density at radius 3 is 2.00 bits per heavy atom. The van der Waals surface area contributed by atoms with Gasteiger partial charge in [-0.15, -0.1) is 0 Å². The average Bonchev–Trinajstić information content (AvgIpc) is 2.33. The van der Waals surface area contributed by atoms with Crippen LogP contribution in [0.25, 0.3) is 0 Å². The topological polar surface area (TPSA) is 98.7 Å². The van der Waals surface area contributed by atoms with E-state index in [0.717, 1.165) is 4.90 Å². The van der Waals surface area contributed by atoms with Crippen LogP contribution in [0.15, 0.2) is 0 Å². The maximum atomic E-state index is 11.9. The maximum Gasteiger partial charge on any atom is 0.329 e. The zero-order valence-corrected chi connectivity index (χ0v) is 12.3. The normalized spacial score (nSPS) is 11.7. The Hall–Kier alpha value is -1.79. The number of urea groups is 1. The summed E-state index contributed by atoms with van der Waals surface area (Å²) in [6.07, 6.45) is 0. The van der Waals surface area contributed by atoms with Crippen molar-refractivity contribution < 1.29 is 19.5 Å². The minimum absolute atomic E-state index is 0.117. The maximum absolute atomic E-state index is 11.9. The molecule has 0 fully saturated rings. The van der Waals surface area contributed by atoms with E-state index >= 15 is 0 Å². The van der Waals surface area contributed by atoms with Crippen LogP contribution >= 0.6 is 0 Å². The van der Waals surface area contributed by atoms with Crippen LogP contribution in [-0.4, -0.2) is 54.1 Å². The van der Waals surface area contributed by atoms with E-state index in [4.69, 9.17) is 5.11 Å². The summed E-state index contributed by atoms with van der Waals surface area (Å²) in [6.45, 7) is 6.35. The molecule has 110 valence electrons. The molecule has 0 aliphatic rings. The summed E-state index contributed by atoms with van der Waals surface area (Å²) in [5, 5.41) is 14.1. The molecule has 0 bridgehead atoms. The van der Waals surface area contributed by atoms with E-state index in [1.165, 1.54) is 27.9 Å². The fourth-order valence-corrected chi connectivity index (χ4v) is 1.23. The first kappa shape index (κ1) is 17.2. The molecule has 0 heterocycles. The lowest BCUT2D eigenvalue weighted by atomic mass is 9.92. The number of rotatable bonds is 5. The van der Waals surface area contributed by atoms with Gasteiger partial charge in [-0.05, 0) is 27.7 Å². The third-order valence-corrected chi connectivity index (χ3v) is 3.19. The van der Waals surface area contributed by atoms with Crippen molar-refractivity contribution >= 4 is 17.9 Å². The first-order chi connectivity index (χ1) is 8.46. The molecule has 0 unspecified atom stereocenters. The second-order valence-electron chi connectivity index (χ2n) is 5.54. The predicted octanol–water partition coefficient (Wildman–Crippen LogP) is 0.263. The highest BCUT2D eigenvalue weighted by Crippen LogP contribution is 2.15. The van der Waals surface area contributed by atoms with Crippen molar-refractivity contribution in [2.75, 3.05) is 20.6 Å². The molecule has 0 spiro atoms. The summed E-state index contributed by atoms with van der Waals surface area (Å²) in [5.41, 5.74) is -2.08. The van der Waals surface area contributed by atoms with E-state index in [9.17, 15) is 14.4 Å². The van der Waals surface area contributed by atoms with Gasteiger partial charge in [0.05, 0.1) is 5.41 Å². The molecular formula is C12H23N3O4. The Morgan fingerprint density at radius 2 is 1.63 bits per heavy atom. The Morgan fingerprint density at radius 1 is 1.16 bits per heavy atom. The van der Waals surface area contributed by atoms with Gasteiger partial charge in [-0.25, -0.2) is 9.59 Å². The monoisotopic (exact) mass is 273 g/mol.